The highest BCUT2D eigenvalue weighted by atomic mass is 16.8. The van der Waals surface area contributed by atoms with Gasteiger partial charge in [0.05, 0.1) is 38.6 Å². The van der Waals surface area contributed by atoms with E-state index in [4.69, 9.17) is 28.4 Å². The number of amides is 1. The first-order chi connectivity index (χ1) is 46.3. The van der Waals surface area contributed by atoms with E-state index in [1.54, 1.807) is 6.08 Å². The van der Waals surface area contributed by atoms with Crippen LogP contribution in [0.5, 0.6) is 0 Å². The van der Waals surface area contributed by atoms with Gasteiger partial charge in [0.1, 0.15) is 73.2 Å². The normalized spacial score (nSPS) is 28.0. The summed E-state index contributed by atoms with van der Waals surface area (Å²) in [4.78, 5) is 13.4. The highest BCUT2D eigenvalue weighted by Crippen LogP contribution is 2.33. The second kappa shape index (κ2) is 55.8. The van der Waals surface area contributed by atoms with Crippen molar-refractivity contribution in [1.82, 2.24) is 5.32 Å². The number of hydrogen-bond donors (Lipinski definition) is 12. The van der Waals surface area contributed by atoms with Crippen LogP contribution in [0.3, 0.4) is 0 Å². The molecule has 0 radical (unpaired) electrons. The van der Waals surface area contributed by atoms with Gasteiger partial charge in [-0.1, -0.05) is 225 Å². The Balaban J connectivity index is 1.47. The SMILES string of the molecule is CC/C=C\C/C=C\C/C=C\C/C=C\C/C=C\C/C=C\C/C=C\C/C=C\CCCCC(=O)NC(COC1OC(CO)C(OC2OC(CO)C(OC3OC(CO)C(O)C(O)C3O)C(O)C2O)C(O)C1O)C(O)/C=C/CC/C=C/CC/C=C/CCCCCCCCCCCCCCC. The minimum Gasteiger partial charge on any atom is -0.394 e. The Morgan fingerprint density at radius 1 is 0.389 bits per heavy atom. The topological polar surface area (TPSA) is 307 Å². The van der Waals surface area contributed by atoms with Crippen molar-refractivity contribution in [2.45, 2.75) is 311 Å². The zero-order valence-corrected chi connectivity index (χ0v) is 57.3. The van der Waals surface area contributed by atoms with Crippen molar-refractivity contribution in [2.75, 3.05) is 26.4 Å². The fourth-order valence-corrected chi connectivity index (χ4v) is 11.1. The van der Waals surface area contributed by atoms with Crippen molar-refractivity contribution in [1.29, 1.82) is 0 Å². The van der Waals surface area contributed by atoms with E-state index >= 15 is 0 Å². The summed E-state index contributed by atoms with van der Waals surface area (Å²) < 4.78 is 34.3. The second-order valence-corrected chi connectivity index (χ2v) is 24.9. The second-order valence-electron chi connectivity index (χ2n) is 24.9. The van der Waals surface area contributed by atoms with Crippen LogP contribution in [0.15, 0.2) is 134 Å². The van der Waals surface area contributed by atoms with Crippen LogP contribution >= 0.6 is 0 Å². The molecule has 0 aliphatic carbocycles. The summed E-state index contributed by atoms with van der Waals surface area (Å²) in [5.74, 6) is -0.337. The van der Waals surface area contributed by atoms with Gasteiger partial charge in [0.15, 0.2) is 18.9 Å². The number of nitrogens with one attached hydrogen (secondary N) is 1. The molecule has 0 bridgehead atoms. The number of carbonyl (C=O) groups excluding carboxylic acids is 1. The quantitative estimate of drug-likeness (QED) is 0.0199. The third kappa shape index (κ3) is 37.1. The third-order valence-electron chi connectivity index (χ3n) is 16.9. The summed E-state index contributed by atoms with van der Waals surface area (Å²) in [6.45, 7) is 1.55. The zero-order valence-electron chi connectivity index (χ0n) is 57.3. The van der Waals surface area contributed by atoms with Gasteiger partial charge in [0.25, 0.3) is 0 Å². The molecule has 19 nitrogen and oxygen atoms in total. The van der Waals surface area contributed by atoms with E-state index in [2.05, 4.69) is 141 Å². The van der Waals surface area contributed by atoms with Gasteiger partial charge in [-0.25, -0.2) is 0 Å². The number of rotatable bonds is 53. The molecule has 12 N–H and O–H groups in total. The summed E-state index contributed by atoms with van der Waals surface area (Å²) in [6.07, 6.45) is 51.4. The van der Waals surface area contributed by atoms with E-state index in [1.165, 1.54) is 83.5 Å². The fourth-order valence-electron chi connectivity index (χ4n) is 11.1. The van der Waals surface area contributed by atoms with E-state index in [9.17, 15) is 61.0 Å². The lowest BCUT2D eigenvalue weighted by molar-refractivity contribution is -0.379. The van der Waals surface area contributed by atoms with Crippen molar-refractivity contribution < 1.29 is 89.4 Å². The monoisotopic (exact) mass is 1340 g/mol. The molecule has 3 fully saturated rings. The van der Waals surface area contributed by atoms with Gasteiger partial charge in [-0.15, -0.1) is 0 Å². The number of unbranched alkanes of at least 4 members (excludes halogenated alkanes) is 17. The molecule has 1 amide bonds. The summed E-state index contributed by atoms with van der Waals surface area (Å²) in [5.41, 5.74) is 0. The van der Waals surface area contributed by atoms with Gasteiger partial charge in [0.2, 0.25) is 5.91 Å². The van der Waals surface area contributed by atoms with E-state index < -0.39 is 131 Å². The van der Waals surface area contributed by atoms with Gasteiger partial charge in [-0.2, -0.15) is 0 Å². The number of carbonyl (C=O) groups is 1. The molecule has 0 aromatic heterocycles. The molecule has 0 aromatic carbocycles. The van der Waals surface area contributed by atoms with Crippen LogP contribution in [0.25, 0.3) is 0 Å². The van der Waals surface area contributed by atoms with Crippen molar-refractivity contribution in [2.24, 2.45) is 0 Å². The Labute approximate surface area is 569 Å². The summed E-state index contributed by atoms with van der Waals surface area (Å²) >= 11 is 0. The van der Waals surface area contributed by atoms with Crippen molar-refractivity contribution in [3.05, 3.63) is 134 Å². The maximum absolute atomic E-state index is 13.4. The van der Waals surface area contributed by atoms with E-state index in [1.807, 2.05) is 6.08 Å². The number of allylic oxidation sites excluding steroid dienone is 21. The molecule has 542 valence electrons. The summed E-state index contributed by atoms with van der Waals surface area (Å²) in [5, 5.41) is 121. The first-order valence-electron chi connectivity index (χ1n) is 35.9. The molecule has 0 aromatic rings. The lowest BCUT2D eigenvalue weighted by atomic mass is 9.96. The van der Waals surface area contributed by atoms with E-state index in [0.717, 1.165) is 89.9 Å². The maximum atomic E-state index is 13.4. The van der Waals surface area contributed by atoms with Gasteiger partial charge in [-0.05, 0) is 109 Å². The lowest BCUT2D eigenvalue weighted by Gasteiger charge is -2.48. The molecular weight excluding hydrogens is 1210 g/mol. The molecule has 0 spiro atoms. The Morgan fingerprint density at radius 2 is 0.737 bits per heavy atom. The number of hydrogen-bond acceptors (Lipinski definition) is 18. The summed E-state index contributed by atoms with van der Waals surface area (Å²) in [7, 11) is 0. The largest absolute Gasteiger partial charge is 0.394 e. The molecule has 3 heterocycles. The smallest absolute Gasteiger partial charge is 0.220 e. The number of aliphatic hydroxyl groups excluding tert-OH is 11. The fraction of sp³-hybridized carbons (Fsp3) is 0.697. The molecule has 3 saturated heterocycles. The zero-order chi connectivity index (χ0) is 68.9. The third-order valence-corrected chi connectivity index (χ3v) is 16.9. The van der Waals surface area contributed by atoms with E-state index in [-0.39, 0.29) is 12.3 Å². The average molecular weight is 1340 g/mol. The Kier molecular flexibility index (Phi) is 50.0. The lowest BCUT2D eigenvalue weighted by Crippen LogP contribution is -2.66. The molecule has 3 aliphatic rings. The van der Waals surface area contributed by atoms with Crippen molar-refractivity contribution in [3.63, 3.8) is 0 Å². The van der Waals surface area contributed by atoms with Crippen molar-refractivity contribution in [3.8, 4) is 0 Å². The van der Waals surface area contributed by atoms with Crippen LogP contribution < -0.4 is 5.32 Å². The van der Waals surface area contributed by atoms with Crippen LogP contribution in [-0.4, -0.2) is 193 Å². The maximum Gasteiger partial charge on any atom is 0.220 e. The Morgan fingerprint density at radius 3 is 1.18 bits per heavy atom. The summed E-state index contributed by atoms with van der Waals surface area (Å²) in [6, 6.07) is -1.03. The molecule has 3 rings (SSSR count). The number of aliphatic hydroxyl groups is 11. The molecule has 95 heavy (non-hydrogen) atoms. The highest BCUT2D eigenvalue weighted by Gasteiger charge is 2.53. The average Bonchev–Trinajstić information content (AvgIpc) is 0.787. The molecular formula is C76H125NO18. The van der Waals surface area contributed by atoms with Crippen LogP contribution in [0.1, 0.15) is 206 Å². The van der Waals surface area contributed by atoms with E-state index in [0.29, 0.717) is 12.8 Å². The van der Waals surface area contributed by atoms with Crippen LogP contribution in [0, 0.1) is 0 Å². The molecule has 17 atom stereocenters. The van der Waals surface area contributed by atoms with Crippen molar-refractivity contribution >= 4 is 5.91 Å². The molecule has 17 unspecified atom stereocenters. The minimum absolute atomic E-state index is 0.167. The Hall–Kier alpha value is -4.07. The first-order valence-corrected chi connectivity index (χ1v) is 35.9. The first kappa shape index (κ1) is 85.2. The van der Waals surface area contributed by atoms with Gasteiger partial charge < -0.3 is 89.9 Å². The highest BCUT2D eigenvalue weighted by molar-refractivity contribution is 5.76. The standard InChI is InChI=1S/C76H125NO18/c1-3-5-7-9-11-13-15-17-19-21-23-25-27-28-29-30-32-34-36-38-40-42-44-46-48-50-52-54-64(82)77-59(60(81)53-51-49-47-45-43-41-39-37-35-33-31-26-24-22-20-18-16-14-12-10-8-6-4-2)58-90-74-70(88)67(85)72(62(56-79)92-74)95-76-71(89)68(86)73(63(57-80)93-76)94-75-69(87)66(84)65(83)61(55-78)91-75/h5,7,11,13,17,19,23,25,28-29,32,34-35,37-38,40,43-46,51,53,59-63,65-76,78-81,83-89H,3-4,6,8-10,12,14-16,18,20-22,24,26-27,30-31,33,36,39,41-42,47-50,52,54-58H2,1-2H3,(H,77,82)/b7-5-,13-11-,19-17-,25-23-,29-28-,34-32-,37-35+,40-38-,45-43+,46-44-,53-51+. The minimum atomic E-state index is -1.99. The predicted octanol–water partition coefficient (Wildman–Crippen LogP) is 10.2. The van der Waals surface area contributed by atoms with Crippen LogP contribution in [-0.2, 0) is 33.2 Å². The molecule has 0 saturated carbocycles. The van der Waals surface area contributed by atoms with Gasteiger partial charge >= 0.3 is 0 Å². The predicted molar refractivity (Wildman–Crippen MR) is 373 cm³/mol. The molecule has 19 heteroatoms. The van der Waals surface area contributed by atoms with Crippen LogP contribution in [0.2, 0.25) is 0 Å². The number of ether oxygens (including phenoxy) is 6. The van der Waals surface area contributed by atoms with Gasteiger partial charge in [0, 0.05) is 6.42 Å². The van der Waals surface area contributed by atoms with Gasteiger partial charge in [-0.3, -0.25) is 4.79 Å². The van der Waals surface area contributed by atoms with Crippen LogP contribution in [0.4, 0.5) is 0 Å². The Bertz CT molecular complexity index is 2240. The molecule has 3 aliphatic heterocycles.